The monoisotopic (exact) mass is 668 g/mol. The van der Waals surface area contributed by atoms with E-state index in [4.69, 9.17) is 9.16 Å². The van der Waals surface area contributed by atoms with Gasteiger partial charge in [0.2, 0.25) is 5.91 Å². The molecule has 0 aromatic heterocycles. The first-order chi connectivity index (χ1) is 20.6. The number of nitro groups is 1. The zero-order valence-electron chi connectivity index (χ0n) is 25.6. The van der Waals surface area contributed by atoms with Gasteiger partial charge in [0, 0.05) is 17.5 Å². The molecule has 2 heterocycles. The van der Waals surface area contributed by atoms with Crippen LogP contribution in [-0.2, 0) is 41.4 Å². The number of amides is 1. The molecule has 0 aliphatic carbocycles. The summed E-state index contributed by atoms with van der Waals surface area (Å²) in [5.74, 6) is -1.96. The summed E-state index contributed by atoms with van der Waals surface area (Å²) in [6, 6.07) is 6.32. The van der Waals surface area contributed by atoms with Crippen LogP contribution in [0.15, 0.2) is 64.4 Å². The number of alkyl halides is 3. The first-order valence-electron chi connectivity index (χ1n) is 14.2. The molecular weight excluding hydrogens is 633 g/mol. The van der Waals surface area contributed by atoms with Crippen LogP contribution in [-0.4, -0.2) is 56.6 Å². The van der Waals surface area contributed by atoms with Gasteiger partial charge in [-0.3, -0.25) is 14.9 Å². The van der Waals surface area contributed by atoms with Crippen molar-refractivity contribution in [2.45, 2.75) is 88.1 Å². The van der Waals surface area contributed by atoms with Gasteiger partial charge in [-0.2, -0.15) is 13.2 Å². The van der Waals surface area contributed by atoms with Gasteiger partial charge in [0.15, 0.2) is 24.2 Å². The van der Waals surface area contributed by atoms with E-state index >= 15 is 0 Å². The van der Waals surface area contributed by atoms with Crippen molar-refractivity contribution in [2.75, 3.05) is 0 Å². The lowest BCUT2D eigenvalue weighted by atomic mass is 9.84. The number of esters is 1. The minimum atomic E-state index is -4.66. The number of fused-ring (bicyclic) bond motifs is 1. The molecule has 2 fully saturated rings. The SMILES string of the molecule is C[C@@H](O[Si](C)(C)C(C)(C)C)[C@@H]1C(=O)N2C(C(=O)OCc3ccc([N+](=O)[O-])cc3)C(=CS(=O)(=O)c3ccc(C(F)(F)F)cc3)C[C@@H]12. The van der Waals surface area contributed by atoms with Crippen LogP contribution >= 0.6 is 0 Å². The molecule has 4 rings (SSSR count). The normalized spacial score (nSPS) is 22.2. The molecule has 2 aliphatic heterocycles. The highest BCUT2D eigenvalue weighted by molar-refractivity contribution is 7.94. The van der Waals surface area contributed by atoms with Crippen LogP contribution in [0.2, 0.25) is 18.1 Å². The Morgan fingerprint density at radius 3 is 2.20 bits per heavy atom. The van der Waals surface area contributed by atoms with Crippen molar-refractivity contribution in [1.82, 2.24) is 4.90 Å². The summed E-state index contributed by atoms with van der Waals surface area (Å²) >= 11 is 0. The number of hydrogen-bond donors (Lipinski definition) is 0. The second-order valence-electron chi connectivity index (χ2n) is 12.8. The highest BCUT2D eigenvalue weighted by Gasteiger charge is 2.61. The standard InChI is InChI=1S/C30H35F3N2O8SSi/c1-18(43-45(5,6)29(2,3)4)25-24-15-20(17-44(40,41)23-13-9-21(10-14-23)30(31,32)33)26(34(24)27(25)36)28(37)42-16-19-7-11-22(12-8-19)35(38)39/h7-14,17-18,24-26H,15-16H2,1-6H3/t18-,24+,25+,26?/m1/s1. The van der Waals surface area contributed by atoms with E-state index < -0.39 is 75.7 Å². The molecule has 0 radical (unpaired) electrons. The van der Waals surface area contributed by atoms with Crippen molar-refractivity contribution in [3.63, 3.8) is 0 Å². The molecule has 45 heavy (non-hydrogen) atoms. The Bertz CT molecular complexity index is 1620. The van der Waals surface area contributed by atoms with Gasteiger partial charge in [0.1, 0.15) is 6.61 Å². The fraction of sp³-hybridized carbons (Fsp3) is 0.467. The Morgan fingerprint density at radius 1 is 1.11 bits per heavy atom. The Kier molecular flexibility index (Phi) is 9.14. The summed E-state index contributed by atoms with van der Waals surface area (Å²) in [4.78, 5) is 38.2. The van der Waals surface area contributed by atoms with Gasteiger partial charge in [-0.1, -0.05) is 20.8 Å². The Labute approximate surface area is 260 Å². The van der Waals surface area contributed by atoms with Crippen molar-refractivity contribution in [2.24, 2.45) is 5.92 Å². The number of rotatable bonds is 9. The zero-order valence-corrected chi connectivity index (χ0v) is 27.4. The Balaban J connectivity index is 1.64. The number of nitrogens with zero attached hydrogens (tertiary/aromatic N) is 2. The van der Waals surface area contributed by atoms with Crippen LogP contribution in [0, 0.1) is 16.0 Å². The molecule has 0 bridgehead atoms. The van der Waals surface area contributed by atoms with E-state index in [0.717, 1.165) is 17.5 Å². The van der Waals surface area contributed by atoms with Gasteiger partial charge in [0.05, 0.1) is 33.4 Å². The van der Waals surface area contributed by atoms with Gasteiger partial charge in [-0.25, -0.2) is 13.2 Å². The van der Waals surface area contributed by atoms with E-state index in [1.807, 2.05) is 13.1 Å². The van der Waals surface area contributed by atoms with E-state index in [2.05, 4.69) is 20.8 Å². The number of nitro benzene ring substituents is 1. The summed E-state index contributed by atoms with van der Waals surface area (Å²) in [5.41, 5.74) is -0.691. The predicted molar refractivity (Wildman–Crippen MR) is 160 cm³/mol. The minimum Gasteiger partial charge on any atom is -0.459 e. The van der Waals surface area contributed by atoms with Crippen molar-refractivity contribution in [3.8, 4) is 0 Å². The maximum Gasteiger partial charge on any atom is 0.416 e. The first kappa shape index (κ1) is 34.3. The summed E-state index contributed by atoms with van der Waals surface area (Å²) in [6.45, 7) is 11.7. The van der Waals surface area contributed by atoms with Crippen LogP contribution in [0.1, 0.15) is 45.2 Å². The Hall–Kier alpha value is -3.56. The van der Waals surface area contributed by atoms with Crippen LogP contribution in [0.3, 0.4) is 0 Å². The van der Waals surface area contributed by atoms with Gasteiger partial charge in [-0.05, 0) is 79.0 Å². The average Bonchev–Trinajstić information content (AvgIpc) is 3.23. The molecule has 10 nitrogen and oxygen atoms in total. The number of carbonyl (C=O) groups excluding carboxylic acids is 2. The molecule has 1 unspecified atom stereocenters. The maximum atomic E-state index is 13.5. The van der Waals surface area contributed by atoms with Gasteiger partial charge < -0.3 is 14.1 Å². The maximum absolute atomic E-state index is 13.5. The lowest BCUT2D eigenvalue weighted by Crippen LogP contribution is -2.66. The molecule has 4 atom stereocenters. The molecule has 15 heteroatoms. The molecular formula is C30H35F3N2O8SSi. The minimum absolute atomic E-state index is 0.0127. The number of sulfone groups is 1. The van der Waals surface area contributed by atoms with E-state index in [1.165, 1.54) is 29.2 Å². The van der Waals surface area contributed by atoms with E-state index in [9.17, 15) is 41.3 Å². The smallest absolute Gasteiger partial charge is 0.416 e. The van der Waals surface area contributed by atoms with Gasteiger partial charge >= 0.3 is 12.1 Å². The fourth-order valence-corrected chi connectivity index (χ4v) is 8.03. The average molecular weight is 669 g/mol. The third kappa shape index (κ3) is 6.99. The predicted octanol–water partition coefficient (Wildman–Crippen LogP) is 6.02. The van der Waals surface area contributed by atoms with E-state index in [1.54, 1.807) is 6.92 Å². The van der Waals surface area contributed by atoms with Crippen LogP contribution in [0.5, 0.6) is 0 Å². The Morgan fingerprint density at radius 2 is 1.69 bits per heavy atom. The number of benzene rings is 2. The number of ether oxygens (including phenoxy) is 1. The van der Waals surface area contributed by atoms with Crippen molar-refractivity contribution >= 4 is 35.7 Å². The van der Waals surface area contributed by atoms with Gasteiger partial charge in [-0.15, -0.1) is 0 Å². The third-order valence-electron chi connectivity index (χ3n) is 8.75. The van der Waals surface area contributed by atoms with Gasteiger partial charge in [0.25, 0.3) is 5.69 Å². The van der Waals surface area contributed by atoms with Crippen LogP contribution in [0.25, 0.3) is 0 Å². The van der Waals surface area contributed by atoms with Crippen LogP contribution in [0.4, 0.5) is 18.9 Å². The zero-order chi connectivity index (χ0) is 33.7. The molecule has 0 spiro atoms. The lowest BCUT2D eigenvalue weighted by Gasteiger charge is -2.49. The van der Waals surface area contributed by atoms with Crippen molar-refractivity contribution in [3.05, 3.63) is 80.8 Å². The number of hydrogen-bond acceptors (Lipinski definition) is 8. The quantitative estimate of drug-likeness (QED) is 0.104. The highest BCUT2D eigenvalue weighted by atomic mass is 32.2. The van der Waals surface area contributed by atoms with Crippen molar-refractivity contribution in [1.29, 1.82) is 0 Å². The number of carbonyl (C=O) groups is 2. The number of non-ortho nitro benzene ring substituents is 1. The lowest BCUT2D eigenvalue weighted by molar-refractivity contribution is -0.384. The second-order valence-corrected chi connectivity index (χ2v) is 19.4. The summed E-state index contributed by atoms with van der Waals surface area (Å²) < 4.78 is 77.7. The molecule has 2 aromatic rings. The fourth-order valence-electron chi connectivity index (χ4n) is 5.32. The molecule has 2 aromatic carbocycles. The molecule has 1 amide bonds. The number of halogens is 3. The second kappa shape index (κ2) is 12.0. The van der Waals surface area contributed by atoms with Crippen molar-refractivity contribution < 1.29 is 45.3 Å². The highest BCUT2D eigenvalue weighted by Crippen LogP contribution is 2.47. The summed E-state index contributed by atoms with van der Waals surface area (Å²) in [5, 5.41) is 11.6. The molecule has 0 saturated carbocycles. The van der Waals surface area contributed by atoms with E-state index in [0.29, 0.717) is 17.7 Å². The van der Waals surface area contributed by atoms with Crippen LogP contribution < -0.4 is 0 Å². The first-order valence-corrected chi connectivity index (χ1v) is 18.6. The molecule has 244 valence electrons. The molecule has 2 saturated heterocycles. The number of β-lactam (4-membered cyclic amide) rings is 1. The largest absolute Gasteiger partial charge is 0.459 e. The molecule has 0 N–H and O–H groups in total. The topological polar surface area (TPSA) is 133 Å². The van der Waals surface area contributed by atoms with E-state index in [-0.39, 0.29) is 29.3 Å². The third-order valence-corrected chi connectivity index (χ3v) is 14.9. The summed E-state index contributed by atoms with van der Waals surface area (Å²) in [7, 11) is -6.64. The summed E-state index contributed by atoms with van der Waals surface area (Å²) in [6.07, 6.45) is -5.17. The molecule has 2 aliphatic rings.